The van der Waals surface area contributed by atoms with Crippen molar-refractivity contribution < 1.29 is 29.3 Å². The van der Waals surface area contributed by atoms with Crippen LogP contribution < -0.4 is 10.6 Å². The highest BCUT2D eigenvalue weighted by atomic mass is 16.6. The third kappa shape index (κ3) is 9.59. The Labute approximate surface area is 202 Å². The molecular formula is C25H41N3O6. The SMILES string of the molecule is CCCCN(C(=O)C(CO)NC(=O)OC(C)(C)C)C(C(=O)NC(C)CCC)c1ccc(O)cc1. The maximum atomic E-state index is 13.5. The minimum absolute atomic E-state index is 0.0357. The van der Waals surface area contributed by atoms with Crippen LogP contribution in [0.4, 0.5) is 4.79 Å². The fourth-order valence-corrected chi connectivity index (χ4v) is 3.49. The third-order valence-corrected chi connectivity index (χ3v) is 5.09. The second-order valence-electron chi connectivity index (χ2n) is 9.46. The Kier molecular flexibility index (Phi) is 11.9. The highest BCUT2D eigenvalue weighted by molar-refractivity contribution is 5.92. The summed E-state index contributed by atoms with van der Waals surface area (Å²) in [6, 6.07) is 3.69. The molecule has 0 fully saturated rings. The van der Waals surface area contributed by atoms with Crippen LogP contribution in [0.3, 0.4) is 0 Å². The zero-order valence-corrected chi connectivity index (χ0v) is 21.3. The monoisotopic (exact) mass is 479 g/mol. The van der Waals surface area contributed by atoms with Gasteiger partial charge in [-0.05, 0) is 58.2 Å². The summed E-state index contributed by atoms with van der Waals surface area (Å²) in [6.45, 7) is 10.5. The van der Waals surface area contributed by atoms with Gasteiger partial charge in [0.15, 0.2) is 0 Å². The molecule has 0 saturated carbocycles. The topological polar surface area (TPSA) is 128 Å². The molecule has 0 saturated heterocycles. The van der Waals surface area contributed by atoms with Crippen LogP contribution in [0.15, 0.2) is 24.3 Å². The molecule has 1 aromatic rings. The molecule has 1 rings (SSSR count). The fraction of sp³-hybridized carbons (Fsp3) is 0.640. The first-order valence-electron chi connectivity index (χ1n) is 11.9. The predicted molar refractivity (Wildman–Crippen MR) is 130 cm³/mol. The van der Waals surface area contributed by atoms with Crippen LogP contribution in [-0.2, 0) is 14.3 Å². The highest BCUT2D eigenvalue weighted by Crippen LogP contribution is 2.25. The van der Waals surface area contributed by atoms with Crippen molar-refractivity contribution in [1.29, 1.82) is 0 Å². The summed E-state index contributed by atoms with van der Waals surface area (Å²) in [7, 11) is 0. The quantitative estimate of drug-likeness (QED) is 0.364. The number of rotatable bonds is 12. The van der Waals surface area contributed by atoms with E-state index in [9.17, 15) is 24.6 Å². The molecule has 0 aliphatic heterocycles. The number of unbranched alkanes of at least 4 members (excludes halogenated alkanes) is 1. The molecule has 34 heavy (non-hydrogen) atoms. The zero-order chi connectivity index (χ0) is 25.9. The molecule has 0 aliphatic rings. The molecule has 0 bridgehead atoms. The number of benzene rings is 1. The molecule has 1 aromatic carbocycles. The molecule has 192 valence electrons. The molecule has 4 N–H and O–H groups in total. The Morgan fingerprint density at radius 2 is 1.68 bits per heavy atom. The van der Waals surface area contributed by atoms with Gasteiger partial charge in [-0.25, -0.2) is 4.79 Å². The number of phenols is 1. The molecule has 0 aromatic heterocycles. The number of phenolic OH excluding ortho intramolecular Hbond substituents is 1. The molecule has 0 heterocycles. The van der Waals surface area contributed by atoms with Crippen molar-refractivity contribution in [2.45, 2.75) is 91.0 Å². The van der Waals surface area contributed by atoms with E-state index < -0.39 is 36.3 Å². The van der Waals surface area contributed by atoms with Crippen molar-refractivity contribution >= 4 is 17.9 Å². The zero-order valence-electron chi connectivity index (χ0n) is 21.3. The van der Waals surface area contributed by atoms with E-state index in [1.807, 2.05) is 20.8 Å². The van der Waals surface area contributed by atoms with E-state index in [4.69, 9.17) is 4.74 Å². The van der Waals surface area contributed by atoms with Crippen LogP contribution in [0.25, 0.3) is 0 Å². The van der Waals surface area contributed by atoms with Gasteiger partial charge in [-0.1, -0.05) is 38.8 Å². The van der Waals surface area contributed by atoms with Gasteiger partial charge in [-0.15, -0.1) is 0 Å². The van der Waals surface area contributed by atoms with Crippen molar-refractivity contribution in [3.63, 3.8) is 0 Å². The van der Waals surface area contributed by atoms with E-state index in [0.29, 0.717) is 12.0 Å². The number of carbonyl (C=O) groups is 3. The van der Waals surface area contributed by atoms with Crippen LogP contribution in [0.1, 0.15) is 78.8 Å². The van der Waals surface area contributed by atoms with E-state index in [1.54, 1.807) is 32.9 Å². The summed E-state index contributed by atoms with van der Waals surface area (Å²) >= 11 is 0. The van der Waals surface area contributed by atoms with Crippen molar-refractivity contribution in [3.05, 3.63) is 29.8 Å². The number of nitrogens with one attached hydrogen (secondary N) is 2. The first kappa shape index (κ1) is 29.2. The molecule has 3 atom stereocenters. The number of nitrogens with zero attached hydrogens (tertiary/aromatic N) is 1. The van der Waals surface area contributed by atoms with Gasteiger partial charge in [0.1, 0.15) is 23.4 Å². The summed E-state index contributed by atoms with van der Waals surface area (Å²) in [5.74, 6) is -0.934. The van der Waals surface area contributed by atoms with Crippen molar-refractivity contribution in [2.75, 3.05) is 13.2 Å². The lowest BCUT2D eigenvalue weighted by atomic mass is 10.0. The van der Waals surface area contributed by atoms with Crippen LogP contribution in [0.5, 0.6) is 5.75 Å². The van der Waals surface area contributed by atoms with Crippen LogP contribution >= 0.6 is 0 Å². The maximum Gasteiger partial charge on any atom is 0.408 e. The van der Waals surface area contributed by atoms with Gasteiger partial charge in [-0.2, -0.15) is 0 Å². The maximum absolute atomic E-state index is 13.5. The fourth-order valence-electron chi connectivity index (χ4n) is 3.49. The summed E-state index contributed by atoms with van der Waals surface area (Å²) in [5.41, 5.74) is -0.267. The predicted octanol–water partition coefficient (Wildman–Crippen LogP) is 3.25. The van der Waals surface area contributed by atoms with Gasteiger partial charge in [0.2, 0.25) is 11.8 Å². The Morgan fingerprint density at radius 1 is 1.06 bits per heavy atom. The molecule has 0 radical (unpaired) electrons. The van der Waals surface area contributed by atoms with E-state index in [1.165, 1.54) is 17.0 Å². The van der Waals surface area contributed by atoms with Gasteiger partial charge >= 0.3 is 6.09 Å². The van der Waals surface area contributed by atoms with Gasteiger partial charge < -0.3 is 30.5 Å². The third-order valence-electron chi connectivity index (χ3n) is 5.09. The average molecular weight is 480 g/mol. The van der Waals surface area contributed by atoms with Crippen LogP contribution in [0.2, 0.25) is 0 Å². The number of ether oxygens (including phenoxy) is 1. The molecule has 3 amide bonds. The van der Waals surface area contributed by atoms with E-state index in [2.05, 4.69) is 10.6 Å². The van der Waals surface area contributed by atoms with Gasteiger partial charge in [-0.3, -0.25) is 9.59 Å². The van der Waals surface area contributed by atoms with Gasteiger partial charge in [0, 0.05) is 12.6 Å². The normalized spacial score (nSPS) is 14.0. The van der Waals surface area contributed by atoms with E-state index >= 15 is 0 Å². The Hall–Kier alpha value is -2.81. The molecular weight excluding hydrogens is 438 g/mol. The molecule has 0 aliphatic carbocycles. The summed E-state index contributed by atoms with van der Waals surface area (Å²) < 4.78 is 5.23. The van der Waals surface area contributed by atoms with Gasteiger partial charge in [0.05, 0.1) is 6.61 Å². The lowest BCUT2D eigenvalue weighted by molar-refractivity contribution is -0.143. The van der Waals surface area contributed by atoms with Crippen LogP contribution in [0, 0.1) is 0 Å². The standard InChI is InChI=1S/C25H41N3O6/c1-7-9-15-28(23(32)20(16-29)27-24(33)34-25(4,5)6)21(18-11-13-19(30)14-12-18)22(31)26-17(3)10-8-2/h11-14,17,20-21,29-30H,7-10,15-16H2,1-6H3,(H,26,31)(H,27,33). The number of aliphatic hydroxyl groups excluding tert-OH is 1. The largest absolute Gasteiger partial charge is 0.508 e. The average Bonchev–Trinajstić information content (AvgIpc) is 2.74. The number of alkyl carbamates (subject to hydrolysis) is 1. The summed E-state index contributed by atoms with van der Waals surface area (Å²) in [6.07, 6.45) is 2.20. The highest BCUT2D eigenvalue weighted by Gasteiger charge is 2.36. The number of hydrogen-bond acceptors (Lipinski definition) is 6. The number of hydrogen-bond donors (Lipinski definition) is 4. The number of carbonyl (C=O) groups excluding carboxylic acids is 3. The molecule has 0 spiro atoms. The van der Waals surface area contributed by atoms with E-state index in [-0.39, 0.29) is 24.2 Å². The van der Waals surface area contributed by atoms with E-state index in [0.717, 1.165) is 19.3 Å². The minimum Gasteiger partial charge on any atom is -0.508 e. The number of amides is 3. The lowest BCUT2D eigenvalue weighted by Crippen LogP contribution is -2.55. The number of aliphatic hydroxyl groups is 1. The Bertz CT molecular complexity index is 791. The van der Waals surface area contributed by atoms with Crippen molar-refractivity contribution in [2.24, 2.45) is 0 Å². The summed E-state index contributed by atoms with van der Waals surface area (Å²) in [5, 5.41) is 25.0. The van der Waals surface area contributed by atoms with Crippen molar-refractivity contribution in [3.8, 4) is 5.75 Å². The first-order valence-corrected chi connectivity index (χ1v) is 11.9. The van der Waals surface area contributed by atoms with Gasteiger partial charge in [0.25, 0.3) is 0 Å². The second-order valence-corrected chi connectivity index (χ2v) is 9.46. The molecule has 3 unspecified atom stereocenters. The molecule has 9 heteroatoms. The molecule has 9 nitrogen and oxygen atoms in total. The Balaban J connectivity index is 3.34. The second kappa shape index (κ2) is 13.8. The first-order chi connectivity index (χ1) is 15.9. The number of aromatic hydroxyl groups is 1. The smallest absolute Gasteiger partial charge is 0.408 e. The van der Waals surface area contributed by atoms with Crippen molar-refractivity contribution in [1.82, 2.24) is 15.5 Å². The minimum atomic E-state index is -1.29. The summed E-state index contributed by atoms with van der Waals surface area (Å²) in [4.78, 5) is 40.6. The Morgan fingerprint density at radius 3 is 2.18 bits per heavy atom. The lowest BCUT2D eigenvalue weighted by Gasteiger charge is -2.34. The van der Waals surface area contributed by atoms with Crippen LogP contribution in [-0.4, -0.2) is 63.9 Å².